The average Bonchev–Trinajstić information content (AvgIpc) is 2.15. The maximum absolute atomic E-state index is 9.68. The standard InChI is InChI=1S/C11H15BrO3/c1-6-5-8(12)10(14-3)11(15-4)9(6)7(2)13/h5,7,13H,1-4H3. The van der Waals surface area contributed by atoms with Gasteiger partial charge in [0.2, 0.25) is 0 Å². The Hall–Kier alpha value is -0.740. The molecule has 0 aliphatic carbocycles. The van der Waals surface area contributed by atoms with E-state index in [0.29, 0.717) is 11.5 Å². The van der Waals surface area contributed by atoms with Crippen LogP contribution < -0.4 is 9.47 Å². The quantitative estimate of drug-likeness (QED) is 0.921. The SMILES string of the molecule is COc1c(Br)cc(C)c(C(C)O)c1OC. The molecule has 0 heterocycles. The molecule has 0 spiro atoms. The summed E-state index contributed by atoms with van der Waals surface area (Å²) in [4.78, 5) is 0. The molecule has 0 saturated carbocycles. The van der Waals surface area contributed by atoms with E-state index >= 15 is 0 Å². The summed E-state index contributed by atoms with van der Waals surface area (Å²) in [5, 5.41) is 9.68. The van der Waals surface area contributed by atoms with Crippen LogP contribution >= 0.6 is 15.9 Å². The highest BCUT2D eigenvalue weighted by atomic mass is 79.9. The number of benzene rings is 1. The highest BCUT2D eigenvalue weighted by Gasteiger charge is 2.19. The normalized spacial score (nSPS) is 12.4. The predicted molar refractivity (Wildman–Crippen MR) is 62.6 cm³/mol. The number of hydrogen-bond donors (Lipinski definition) is 1. The molecule has 15 heavy (non-hydrogen) atoms. The monoisotopic (exact) mass is 274 g/mol. The summed E-state index contributed by atoms with van der Waals surface area (Å²) in [7, 11) is 3.14. The largest absolute Gasteiger partial charge is 0.492 e. The fourth-order valence-electron chi connectivity index (χ4n) is 1.66. The number of methoxy groups -OCH3 is 2. The molecule has 0 bridgehead atoms. The summed E-state index contributed by atoms with van der Waals surface area (Å²) < 4.78 is 11.3. The Morgan fingerprint density at radius 2 is 1.80 bits per heavy atom. The van der Waals surface area contributed by atoms with Crippen LogP contribution in [-0.2, 0) is 0 Å². The minimum absolute atomic E-state index is 0.582. The van der Waals surface area contributed by atoms with Crippen LogP contribution in [0.1, 0.15) is 24.2 Å². The van der Waals surface area contributed by atoms with Crippen LogP contribution in [-0.4, -0.2) is 19.3 Å². The topological polar surface area (TPSA) is 38.7 Å². The summed E-state index contributed by atoms with van der Waals surface area (Å²) in [6.45, 7) is 3.63. The molecule has 0 aliphatic rings. The Balaban J connectivity index is 3.49. The molecule has 1 aromatic carbocycles. The van der Waals surface area contributed by atoms with E-state index in [9.17, 15) is 5.11 Å². The lowest BCUT2D eigenvalue weighted by Crippen LogP contribution is -2.02. The fourth-order valence-corrected chi connectivity index (χ4v) is 2.34. The second-order valence-corrected chi connectivity index (χ2v) is 4.19. The van der Waals surface area contributed by atoms with Crippen molar-refractivity contribution in [2.24, 2.45) is 0 Å². The number of hydrogen-bond acceptors (Lipinski definition) is 3. The van der Waals surface area contributed by atoms with Crippen molar-refractivity contribution in [3.8, 4) is 11.5 Å². The summed E-state index contributed by atoms with van der Waals surface area (Å²) >= 11 is 3.40. The van der Waals surface area contributed by atoms with E-state index in [1.54, 1.807) is 21.1 Å². The third kappa shape index (κ3) is 2.26. The van der Waals surface area contributed by atoms with Gasteiger partial charge >= 0.3 is 0 Å². The van der Waals surface area contributed by atoms with Crippen molar-refractivity contribution in [2.45, 2.75) is 20.0 Å². The van der Waals surface area contributed by atoms with Crippen molar-refractivity contribution in [2.75, 3.05) is 14.2 Å². The lowest BCUT2D eigenvalue weighted by Gasteiger charge is -2.18. The molecule has 1 atom stereocenters. The number of aliphatic hydroxyl groups is 1. The highest BCUT2D eigenvalue weighted by molar-refractivity contribution is 9.10. The Kier molecular flexibility index (Phi) is 3.99. The van der Waals surface area contributed by atoms with Gasteiger partial charge in [-0.15, -0.1) is 0 Å². The summed E-state index contributed by atoms with van der Waals surface area (Å²) in [6.07, 6.45) is -0.582. The molecule has 84 valence electrons. The smallest absolute Gasteiger partial charge is 0.175 e. The molecule has 1 aromatic rings. The molecule has 0 amide bonds. The molecule has 4 heteroatoms. The number of aliphatic hydroxyl groups excluding tert-OH is 1. The molecular formula is C11H15BrO3. The first kappa shape index (κ1) is 12.3. The van der Waals surface area contributed by atoms with Crippen molar-refractivity contribution in [1.82, 2.24) is 0 Å². The molecule has 0 radical (unpaired) electrons. The van der Waals surface area contributed by atoms with Crippen LogP contribution in [0.4, 0.5) is 0 Å². The van der Waals surface area contributed by atoms with Gasteiger partial charge in [-0.3, -0.25) is 0 Å². The lowest BCUT2D eigenvalue weighted by atomic mass is 10.0. The zero-order chi connectivity index (χ0) is 11.6. The second kappa shape index (κ2) is 4.86. The predicted octanol–water partition coefficient (Wildman–Crippen LogP) is 2.83. The number of halogens is 1. The average molecular weight is 275 g/mol. The van der Waals surface area contributed by atoms with Crippen LogP contribution in [0.25, 0.3) is 0 Å². The van der Waals surface area contributed by atoms with Gasteiger partial charge in [0, 0.05) is 5.56 Å². The maximum atomic E-state index is 9.68. The van der Waals surface area contributed by atoms with Gasteiger partial charge in [0.05, 0.1) is 24.8 Å². The van der Waals surface area contributed by atoms with Crippen molar-refractivity contribution >= 4 is 15.9 Å². The third-order valence-corrected chi connectivity index (χ3v) is 2.85. The van der Waals surface area contributed by atoms with Crippen molar-refractivity contribution in [1.29, 1.82) is 0 Å². The van der Waals surface area contributed by atoms with Crippen LogP contribution in [0.3, 0.4) is 0 Å². The van der Waals surface area contributed by atoms with Crippen molar-refractivity contribution in [3.05, 3.63) is 21.7 Å². The number of ether oxygens (including phenoxy) is 2. The van der Waals surface area contributed by atoms with Gasteiger partial charge in [-0.05, 0) is 41.4 Å². The zero-order valence-electron chi connectivity index (χ0n) is 9.30. The maximum Gasteiger partial charge on any atom is 0.175 e. The summed E-state index contributed by atoms with van der Waals surface area (Å²) in [5.41, 5.74) is 1.73. The van der Waals surface area contributed by atoms with Crippen molar-refractivity contribution in [3.63, 3.8) is 0 Å². The van der Waals surface area contributed by atoms with E-state index in [1.807, 2.05) is 13.0 Å². The molecule has 0 saturated heterocycles. The van der Waals surface area contributed by atoms with Gasteiger partial charge in [-0.1, -0.05) is 0 Å². The molecule has 1 unspecified atom stereocenters. The van der Waals surface area contributed by atoms with Gasteiger partial charge in [-0.2, -0.15) is 0 Å². The van der Waals surface area contributed by atoms with Gasteiger partial charge in [0.25, 0.3) is 0 Å². The van der Waals surface area contributed by atoms with E-state index < -0.39 is 6.10 Å². The van der Waals surface area contributed by atoms with Gasteiger partial charge in [-0.25, -0.2) is 0 Å². The molecule has 3 nitrogen and oxygen atoms in total. The first-order chi connectivity index (χ1) is 7.02. The van der Waals surface area contributed by atoms with E-state index in [0.717, 1.165) is 15.6 Å². The van der Waals surface area contributed by atoms with Gasteiger partial charge in [0.15, 0.2) is 11.5 Å². The second-order valence-electron chi connectivity index (χ2n) is 3.33. The van der Waals surface area contributed by atoms with Crippen molar-refractivity contribution < 1.29 is 14.6 Å². The summed E-state index contributed by atoms with van der Waals surface area (Å²) in [5.74, 6) is 1.19. The Morgan fingerprint density at radius 1 is 1.27 bits per heavy atom. The minimum Gasteiger partial charge on any atom is -0.492 e. The number of aryl methyl sites for hydroxylation is 1. The molecule has 0 aliphatic heterocycles. The van der Waals surface area contributed by atoms with Crippen LogP contribution in [0.5, 0.6) is 11.5 Å². The molecule has 1 N–H and O–H groups in total. The summed E-state index contributed by atoms with van der Waals surface area (Å²) in [6, 6.07) is 1.91. The Morgan fingerprint density at radius 3 is 2.20 bits per heavy atom. The van der Waals surface area contributed by atoms with Crippen LogP contribution in [0.15, 0.2) is 10.5 Å². The molecule has 0 fully saturated rings. The Bertz CT molecular complexity index is 361. The van der Waals surface area contributed by atoms with Crippen LogP contribution in [0.2, 0.25) is 0 Å². The first-order valence-electron chi connectivity index (χ1n) is 4.62. The van der Waals surface area contributed by atoms with E-state index in [2.05, 4.69) is 15.9 Å². The van der Waals surface area contributed by atoms with Gasteiger partial charge in [0.1, 0.15) is 0 Å². The van der Waals surface area contributed by atoms with Gasteiger partial charge < -0.3 is 14.6 Å². The Labute approximate surface area is 98.1 Å². The number of rotatable bonds is 3. The molecular weight excluding hydrogens is 260 g/mol. The zero-order valence-corrected chi connectivity index (χ0v) is 10.9. The third-order valence-electron chi connectivity index (χ3n) is 2.26. The fraction of sp³-hybridized carbons (Fsp3) is 0.455. The molecule has 1 rings (SSSR count). The van der Waals surface area contributed by atoms with E-state index in [1.165, 1.54) is 0 Å². The van der Waals surface area contributed by atoms with Crippen LogP contribution in [0, 0.1) is 6.92 Å². The minimum atomic E-state index is -0.582. The lowest BCUT2D eigenvalue weighted by molar-refractivity contribution is 0.192. The highest BCUT2D eigenvalue weighted by Crippen LogP contribution is 2.42. The first-order valence-corrected chi connectivity index (χ1v) is 5.41. The molecule has 0 aromatic heterocycles. The van der Waals surface area contributed by atoms with E-state index in [-0.39, 0.29) is 0 Å². The van der Waals surface area contributed by atoms with E-state index in [4.69, 9.17) is 9.47 Å².